The molecular weight excluding hydrogens is 458 g/mol. The van der Waals surface area contributed by atoms with Crippen LogP contribution in [0.5, 0.6) is 0 Å². The minimum Gasteiger partial charge on any atom is -0.481 e. The summed E-state index contributed by atoms with van der Waals surface area (Å²) in [5.41, 5.74) is 4.08. The minimum atomic E-state index is -3.86. The van der Waals surface area contributed by atoms with Crippen molar-refractivity contribution in [2.75, 3.05) is 13.2 Å². The van der Waals surface area contributed by atoms with Crippen molar-refractivity contribution in [1.82, 2.24) is 10.6 Å². The van der Waals surface area contributed by atoms with Gasteiger partial charge in [-0.1, -0.05) is 61.4 Å². The second-order valence-corrected chi connectivity index (χ2v) is 9.11. The van der Waals surface area contributed by atoms with Crippen LogP contribution in [0.25, 0.3) is 11.1 Å². The first-order valence-corrected chi connectivity index (χ1v) is 11.8. The molecule has 7 nitrogen and oxygen atoms in total. The number of aliphatic carboxylic acids is 1. The molecule has 3 N–H and O–H groups in total. The van der Waals surface area contributed by atoms with Crippen LogP contribution in [0.15, 0.2) is 48.5 Å². The summed E-state index contributed by atoms with van der Waals surface area (Å²) in [7, 11) is 0. The first kappa shape index (κ1) is 24.6. The number of carbonyl (C=O) groups is 3. The van der Waals surface area contributed by atoms with Crippen molar-refractivity contribution in [2.24, 2.45) is 5.92 Å². The van der Waals surface area contributed by atoms with Crippen molar-refractivity contribution in [2.45, 2.75) is 50.0 Å². The van der Waals surface area contributed by atoms with Crippen molar-refractivity contribution in [3.05, 3.63) is 59.7 Å². The lowest BCUT2D eigenvalue weighted by molar-refractivity contribution is -0.147. The average molecular weight is 487 g/mol. The zero-order valence-corrected chi connectivity index (χ0v) is 19.1. The number of ether oxygens (including phenoxy) is 1. The van der Waals surface area contributed by atoms with Gasteiger partial charge in [0, 0.05) is 12.0 Å². The Morgan fingerprint density at radius 1 is 0.971 bits per heavy atom. The Labute approximate surface area is 201 Å². The number of rotatable bonds is 8. The third-order valence-corrected chi connectivity index (χ3v) is 6.79. The molecule has 0 radical (unpaired) electrons. The fourth-order valence-electron chi connectivity index (χ4n) is 5.05. The standard InChI is InChI=1S/C26H28F2N2O5/c27-26(28,24(33)30-22-12-6-1-7-16(22)13-23(31)32)15-29-25(34)35-14-21-19-10-4-2-8-17(19)18-9-3-5-11-20(18)21/h2-5,8-11,16,21-22H,1,6-7,12-15H2,(H,29,34)(H,30,33)(H,31,32). The van der Waals surface area contributed by atoms with Gasteiger partial charge in [-0.15, -0.1) is 0 Å². The Morgan fingerprint density at radius 3 is 2.20 bits per heavy atom. The second kappa shape index (κ2) is 10.4. The van der Waals surface area contributed by atoms with Gasteiger partial charge in [0.05, 0.1) is 13.0 Å². The molecule has 2 aromatic rings. The molecule has 0 bridgehead atoms. The van der Waals surface area contributed by atoms with Crippen LogP contribution in [0.3, 0.4) is 0 Å². The summed E-state index contributed by atoms with van der Waals surface area (Å²) in [6, 6.07) is 14.9. The number of nitrogens with one attached hydrogen (secondary N) is 2. The molecule has 2 unspecified atom stereocenters. The zero-order valence-electron chi connectivity index (χ0n) is 19.1. The lowest BCUT2D eigenvalue weighted by Gasteiger charge is -2.32. The normalized spacial score (nSPS) is 19.4. The van der Waals surface area contributed by atoms with Crippen LogP contribution >= 0.6 is 0 Å². The molecule has 2 aliphatic rings. The van der Waals surface area contributed by atoms with E-state index in [4.69, 9.17) is 9.84 Å². The van der Waals surface area contributed by atoms with Crippen molar-refractivity contribution >= 4 is 18.0 Å². The molecule has 2 atom stereocenters. The number of carboxylic acid groups (broad SMARTS) is 1. The number of alkyl carbamates (subject to hydrolysis) is 1. The first-order chi connectivity index (χ1) is 16.8. The number of fused-ring (bicyclic) bond motifs is 3. The van der Waals surface area contributed by atoms with Crippen LogP contribution in [0, 0.1) is 5.92 Å². The quantitative estimate of drug-likeness (QED) is 0.516. The largest absolute Gasteiger partial charge is 0.481 e. The summed E-state index contributed by atoms with van der Waals surface area (Å²) < 4.78 is 34.2. The van der Waals surface area contributed by atoms with Crippen molar-refractivity contribution in [3.8, 4) is 11.1 Å². The zero-order chi connectivity index (χ0) is 25.0. The summed E-state index contributed by atoms with van der Waals surface area (Å²) in [4.78, 5) is 35.5. The number of carboxylic acids is 1. The van der Waals surface area contributed by atoms with E-state index in [1.807, 2.05) is 53.8 Å². The predicted octanol–water partition coefficient (Wildman–Crippen LogP) is 4.31. The van der Waals surface area contributed by atoms with Gasteiger partial charge in [0.1, 0.15) is 6.61 Å². The predicted molar refractivity (Wildman–Crippen MR) is 124 cm³/mol. The Morgan fingerprint density at radius 2 is 1.57 bits per heavy atom. The van der Waals surface area contributed by atoms with E-state index >= 15 is 0 Å². The molecule has 0 spiro atoms. The van der Waals surface area contributed by atoms with E-state index < -0.39 is 42.4 Å². The topological polar surface area (TPSA) is 105 Å². The summed E-state index contributed by atoms with van der Waals surface area (Å²) in [6.45, 7) is -1.25. The lowest BCUT2D eigenvalue weighted by atomic mass is 9.82. The van der Waals surface area contributed by atoms with E-state index in [0.717, 1.165) is 35.1 Å². The first-order valence-electron chi connectivity index (χ1n) is 11.8. The molecule has 9 heteroatoms. The highest BCUT2D eigenvalue weighted by molar-refractivity contribution is 5.84. The van der Waals surface area contributed by atoms with Gasteiger partial charge in [0.2, 0.25) is 0 Å². The van der Waals surface area contributed by atoms with E-state index in [0.29, 0.717) is 12.8 Å². The molecule has 0 heterocycles. The van der Waals surface area contributed by atoms with Crippen LogP contribution in [0.1, 0.15) is 49.1 Å². The van der Waals surface area contributed by atoms with Gasteiger partial charge in [-0.3, -0.25) is 9.59 Å². The third-order valence-electron chi connectivity index (χ3n) is 6.79. The van der Waals surface area contributed by atoms with Crippen molar-refractivity contribution in [3.63, 3.8) is 0 Å². The van der Waals surface area contributed by atoms with Crippen LogP contribution in [0.4, 0.5) is 13.6 Å². The lowest BCUT2D eigenvalue weighted by Crippen LogP contribution is -2.53. The maximum atomic E-state index is 14.5. The maximum absolute atomic E-state index is 14.5. The number of benzene rings is 2. The number of hydrogen-bond donors (Lipinski definition) is 3. The van der Waals surface area contributed by atoms with E-state index in [1.54, 1.807) is 0 Å². The number of alkyl halides is 2. The number of hydrogen-bond acceptors (Lipinski definition) is 4. The fraction of sp³-hybridized carbons (Fsp3) is 0.423. The molecule has 2 aliphatic carbocycles. The average Bonchev–Trinajstić information content (AvgIpc) is 3.16. The maximum Gasteiger partial charge on any atom is 0.407 e. The molecule has 2 amide bonds. The molecule has 35 heavy (non-hydrogen) atoms. The molecule has 0 aliphatic heterocycles. The Bertz CT molecular complexity index is 1060. The van der Waals surface area contributed by atoms with Crippen LogP contribution < -0.4 is 10.6 Å². The summed E-state index contributed by atoms with van der Waals surface area (Å²) in [6.07, 6.45) is 1.30. The molecule has 2 aromatic carbocycles. The highest BCUT2D eigenvalue weighted by Crippen LogP contribution is 2.44. The van der Waals surface area contributed by atoms with E-state index in [1.165, 1.54) is 0 Å². The number of carbonyl (C=O) groups excluding carboxylic acids is 2. The third kappa shape index (κ3) is 5.61. The Kier molecular flexibility index (Phi) is 7.33. The Hall–Kier alpha value is -3.49. The van der Waals surface area contributed by atoms with Crippen LogP contribution in [0.2, 0.25) is 0 Å². The fourth-order valence-corrected chi connectivity index (χ4v) is 5.05. The van der Waals surface area contributed by atoms with Crippen LogP contribution in [-0.2, 0) is 14.3 Å². The summed E-state index contributed by atoms with van der Waals surface area (Å²) >= 11 is 0. The summed E-state index contributed by atoms with van der Waals surface area (Å²) in [5, 5.41) is 13.3. The van der Waals surface area contributed by atoms with E-state index in [2.05, 4.69) is 5.32 Å². The van der Waals surface area contributed by atoms with Gasteiger partial charge in [0.25, 0.3) is 5.91 Å². The SMILES string of the molecule is O=C(O)CC1CCCCC1NC(=O)C(F)(F)CNC(=O)OCC1c2ccccc2-c2ccccc21. The molecule has 186 valence electrons. The van der Waals surface area contributed by atoms with Gasteiger partial charge in [-0.25, -0.2) is 4.79 Å². The smallest absolute Gasteiger partial charge is 0.407 e. The molecule has 0 saturated heterocycles. The van der Waals surface area contributed by atoms with Crippen molar-refractivity contribution < 1.29 is 33.0 Å². The molecule has 4 rings (SSSR count). The second-order valence-electron chi connectivity index (χ2n) is 9.11. The highest BCUT2D eigenvalue weighted by Gasteiger charge is 2.42. The van der Waals surface area contributed by atoms with Gasteiger partial charge in [0.15, 0.2) is 0 Å². The Balaban J connectivity index is 1.30. The monoisotopic (exact) mass is 486 g/mol. The van der Waals surface area contributed by atoms with Gasteiger partial charge in [-0.2, -0.15) is 8.78 Å². The highest BCUT2D eigenvalue weighted by atomic mass is 19.3. The summed E-state index contributed by atoms with van der Waals surface area (Å²) in [5.74, 6) is -7.03. The molecule has 1 saturated carbocycles. The van der Waals surface area contributed by atoms with Gasteiger partial charge < -0.3 is 20.5 Å². The number of halogens is 2. The van der Waals surface area contributed by atoms with Crippen LogP contribution in [-0.4, -0.2) is 48.2 Å². The van der Waals surface area contributed by atoms with Gasteiger partial charge in [-0.05, 0) is 41.0 Å². The minimum absolute atomic E-state index is 0.0312. The van der Waals surface area contributed by atoms with Crippen molar-refractivity contribution in [1.29, 1.82) is 0 Å². The van der Waals surface area contributed by atoms with E-state index in [-0.39, 0.29) is 18.9 Å². The molecular formula is C26H28F2N2O5. The van der Waals surface area contributed by atoms with Gasteiger partial charge >= 0.3 is 18.0 Å². The molecule has 1 fully saturated rings. The molecule has 0 aromatic heterocycles. The van der Waals surface area contributed by atoms with E-state index in [9.17, 15) is 23.2 Å². The number of amides is 2.